The number of rotatable bonds is 7. The van der Waals surface area contributed by atoms with Crippen LogP contribution in [0.2, 0.25) is 0 Å². The van der Waals surface area contributed by atoms with Gasteiger partial charge in [-0.15, -0.1) is 0 Å². The maximum Gasteiger partial charge on any atom is 0.417 e. The van der Waals surface area contributed by atoms with Gasteiger partial charge in [-0.25, -0.2) is 13.1 Å². The molecule has 1 saturated carbocycles. The Balaban J connectivity index is 1.53. The summed E-state index contributed by atoms with van der Waals surface area (Å²) in [5.74, 6) is -0.0684. The molecule has 2 atom stereocenters. The minimum absolute atomic E-state index is 0.216. The number of anilines is 1. The highest BCUT2D eigenvalue weighted by Crippen LogP contribution is 2.40. The van der Waals surface area contributed by atoms with Gasteiger partial charge in [0.15, 0.2) is 9.84 Å². The average molecular weight is 558 g/mol. The number of nitrogens with one attached hydrogen (secondary N) is 1. The topological polar surface area (TPSA) is 108 Å². The summed E-state index contributed by atoms with van der Waals surface area (Å²) in [4.78, 5) is 14.2. The summed E-state index contributed by atoms with van der Waals surface area (Å²) in [6.45, 7) is 1.89. The Kier molecular flexibility index (Phi) is 6.66. The Morgan fingerprint density at radius 2 is 1.82 bits per heavy atom. The summed E-state index contributed by atoms with van der Waals surface area (Å²) < 4.78 is 70.1. The molecular weight excluding hydrogens is 531 g/mol. The van der Waals surface area contributed by atoms with Gasteiger partial charge in [-0.1, -0.05) is 42.5 Å². The van der Waals surface area contributed by atoms with Crippen LogP contribution in [0.3, 0.4) is 0 Å². The van der Waals surface area contributed by atoms with Crippen LogP contribution in [0, 0.1) is 18.3 Å². The largest absolute Gasteiger partial charge is 0.417 e. The van der Waals surface area contributed by atoms with Crippen LogP contribution in [-0.4, -0.2) is 47.5 Å². The number of amides is 1. The smallest absolute Gasteiger partial charge is 0.343 e. The van der Waals surface area contributed by atoms with Gasteiger partial charge in [-0.3, -0.25) is 4.79 Å². The standard InChI is InChI=1S/C27H26F3N5O3S/c1-18-13-24(35(33-18)15-19-7-3-2-4-8-19)34-16-20(14-22(34)25(36)32-26(17-31)11-12-26)39(37,38)23-10-6-5-9-21(23)27(28,29)30/h2-10,13,20,22H,11-12,14-16H2,1H3,(H,32,36)/t20-,22+/m1/s1. The van der Waals surface area contributed by atoms with E-state index >= 15 is 0 Å². The third-order valence-electron chi connectivity index (χ3n) is 7.18. The van der Waals surface area contributed by atoms with E-state index in [0.717, 1.165) is 23.8 Å². The van der Waals surface area contributed by atoms with Crippen molar-refractivity contribution in [3.05, 3.63) is 77.5 Å². The monoisotopic (exact) mass is 557 g/mol. The highest BCUT2D eigenvalue weighted by atomic mass is 32.2. The molecule has 2 fully saturated rings. The Hall–Kier alpha value is -3.85. The third kappa shape index (κ3) is 5.23. The molecular formula is C27H26F3N5O3S. The zero-order chi connectivity index (χ0) is 28.0. The minimum atomic E-state index is -4.87. The van der Waals surface area contributed by atoms with Crippen molar-refractivity contribution in [2.24, 2.45) is 0 Å². The second kappa shape index (κ2) is 9.72. The zero-order valence-electron chi connectivity index (χ0n) is 21.0. The molecule has 1 N–H and O–H groups in total. The molecule has 2 aromatic carbocycles. The van der Waals surface area contributed by atoms with Gasteiger partial charge in [0.05, 0.1) is 34.0 Å². The predicted molar refractivity (Wildman–Crippen MR) is 136 cm³/mol. The summed E-state index contributed by atoms with van der Waals surface area (Å²) in [5, 5.41) is 15.5. The lowest BCUT2D eigenvalue weighted by molar-refractivity contribution is -0.139. The number of halogens is 3. The van der Waals surface area contributed by atoms with Crippen molar-refractivity contribution in [1.29, 1.82) is 5.26 Å². The van der Waals surface area contributed by atoms with E-state index in [4.69, 9.17) is 0 Å². The van der Waals surface area contributed by atoms with E-state index in [1.807, 2.05) is 30.3 Å². The predicted octanol–water partition coefficient (Wildman–Crippen LogP) is 3.85. The number of alkyl halides is 3. The van der Waals surface area contributed by atoms with Crippen molar-refractivity contribution in [2.75, 3.05) is 11.4 Å². The van der Waals surface area contributed by atoms with Gasteiger partial charge < -0.3 is 10.2 Å². The number of nitriles is 1. The van der Waals surface area contributed by atoms with Crippen molar-refractivity contribution in [3.8, 4) is 6.07 Å². The van der Waals surface area contributed by atoms with Gasteiger partial charge in [0.25, 0.3) is 0 Å². The van der Waals surface area contributed by atoms with Crippen molar-refractivity contribution in [2.45, 2.75) is 60.6 Å². The molecule has 0 spiro atoms. The van der Waals surface area contributed by atoms with E-state index in [-0.39, 0.29) is 13.0 Å². The number of carbonyl (C=O) groups is 1. The summed E-state index contributed by atoms with van der Waals surface area (Å²) in [6, 6.07) is 16.3. The molecule has 1 aliphatic heterocycles. The van der Waals surface area contributed by atoms with Crippen LogP contribution in [0.4, 0.5) is 19.0 Å². The maximum absolute atomic E-state index is 13.7. The first kappa shape index (κ1) is 26.7. The second-order valence-electron chi connectivity index (χ2n) is 10.0. The number of aryl methyl sites for hydroxylation is 1. The Morgan fingerprint density at radius 1 is 1.15 bits per heavy atom. The van der Waals surface area contributed by atoms with E-state index < -0.39 is 49.2 Å². The van der Waals surface area contributed by atoms with Crippen molar-refractivity contribution in [3.63, 3.8) is 0 Å². The van der Waals surface area contributed by atoms with Crippen molar-refractivity contribution < 1.29 is 26.4 Å². The first-order valence-corrected chi connectivity index (χ1v) is 14.0. The van der Waals surface area contributed by atoms with Crippen LogP contribution in [0.25, 0.3) is 0 Å². The molecule has 2 aliphatic rings. The van der Waals surface area contributed by atoms with E-state index in [1.54, 1.807) is 22.6 Å². The number of sulfone groups is 1. The van der Waals surface area contributed by atoms with Crippen LogP contribution >= 0.6 is 0 Å². The lowest BCUT2D eigenvalue weighted by Crippen LogP contribution is -2.48. The Labute approximate surface area is 224 Å². The molecule has 12 heteroatoms. The van der Waals surface area contributed by atoms with E-state index in [2.05, 4.69) is 16.5 Å². The summed E-state index contributed by atoms with van der Waals surface area (Å²) >= 11 is 0. The molecule has 1 amide bonds. The molecule has 0 bridgehead atoms. The van der Waals surface area contributed by atoms with E-state index in [0.29, 0.717) is 30.9 Å². The van der Waals surface area contributed by atoms with Gasteiger partial charge in [-0.05, 0) is 43.9 Å². The summed E-state index contributed by atoms with van der Waals surface area (Å²) in [6.07, 6.45) is -4.14. The number of benzene rings is 2. The SMILES string of the molecule is Cc1cc(N2C[C@H](S(=O)(=O)c3ccccc3C(F)(F)F)C[C@H]2C(=O)NC2(C#N)CC2)n(Cc2ccccc2)n1. The van der Waals surface area contributed by atoms with E-state index in [1.165, 1.54) is 6.07 Å². The van der Waals surface area contributed by atoms with Gasteiger partial charge >= 0.3 is 6.18 Å². The Morgan fingerprint density at radius 3 is 2.46 bits per heavy atom. The first-order valence-electron chi connectivity index (χ1n) is 12.4. The van der Waals surface area contributed by atoms with Crippen LogP contribution in [0.1, 0.15) is 36.1 Å². The molecule has 0 radical (unpaired) electrons. The van der Waals surface area contributed by atoms with Crippen LogP contribution < -0.4 is 10.2 Å². The van der Waals surface area contributed by atoms with Crippen LogP contribution in [0.5, 0.6) is 0 Å². The average Bonchev–Trinajstić information content (AvgIpc) is 3.35. The molecule has 2 heterocycles. The van der Waals surface area contributed by atoms with Crippen LogP contribution in [0.15, 0.2) is 65.6 Å². The molecule has 204 valence electrons. The van der Waals surface area contributed by atoms with Crippen molar-refractivity contribution in [1.82, 2.24) is 15.1 Å². The third-order valence-corrected chi connectivity index (χ3v) is 9.37. The fourth-order valence-electron chi connectivity index (χ4n) is 5.00. The zero-order valence-corrected chi connectivity index (χ0v) is 21.8. The lowest BCUT2D eigenvalue weighted by Gasteiger charge is -2.27. The minimum Gasteiger partial charge on any atom is -0.343 e. The fraction of sp³-hybridized carbons (Fsp3) is 0.370. The molecule has 0 unspecified atom stereocenters. The normalized spacial score (nSPS) is 20.4. The number of aromatic nitrogens is 2. The highest BCUT2D eigenvalue weighted by Gasteiger charge is 2.50. The van der Waals surface area contributed by atoms with Crippen molar-refractivity contribution >= 4 is 21.6 Å². The summed E-state index contributed by atoms with van der Waals surface area (Å²) in [7, 11) is -4.49. The number of hydrogen-bond acceptors (Lipinski definition) is 6. The number of carbonyl (C=O) groups excluding carboxylic acids is 1. The molecule has 39 heavy (non-hydrogen) atoms. The quantitative estimate of drug-likeness (QED) is 0.473. The maximum atomic E-state index is 13.7. The lowest BCUT2D eigenvalue weighted by atomic mass is 10.1. The van der Waals surface area contributed by atoms with Gasteiger partial charge in [0.1, 0.15) is 17.4 Å². The van der Waals surface area contributed by atoms with Gasteiger partial charge in [-0.2, -0.15) is 23.5 Å². The molecule has 1 aromatic heterocycles. The molecule has 1 saturated heterocycles. The van der Waals surface area contributed by atoms with Crippen LogP contribution in [-0.2, 0) is 27.4 Å². The number of nitrogens with zero attached hydrogens (tertiary/aromatic N) is 4. The first-order chi connectivity index (χ1) is 18.4. The number of hydrogen-bond donors (Lipinski definition) is 1. The van der Waals surface area contributed by atoms with Gasteiger partial charge in [0, 0.05) is 12.6 Å². The highest BCUT2D eigenvalue weighted by molar-refractivity contribution is 7.92. The van der Waals surface area contributed by atoms with E-state index in [9.17, 15) is 31.6 Å². The fourth-order valence-corrected chi connectivity index (χ4v) is 6.91. The van der Waals surface area contributed by atoms with Gasteiger partial charge in [0.2, 0.25) is 5.91 Å². The molecule has 5 rings (SSSR count). The Bertz CT molecular complexity index is 1540. The molecule has 3 aromatic rings. The second-order valence-corrected chi connectivity index (χ2v) is 12.2. The summed E-state index contributed by atoms with van der Waals surface area (Å²) in [5.41, 5.74) is -0.685. The molecule has 8 nitrogen and oxygen atoms in total. The molecule has 1 aliphatic carbocycles.